The van der Waals surface area contributed by atoms with E-state index >= 15 is 0 Å². The molecule has 0 fully saturated rings. The molecule has 2 aliphatic rings. The summed E-state index contributed by atoms with van der Waals surface area (Å²) in [6, 6.07) is 79.0. The highest BCUT2D eigenvalue weighted by atomic mass is 16.5. The minimum atomic E-state index is -0.0528. The largest absolute Gasteiger partial charge is 0.458 e. The third-order valence-corrected chi connectivity index (χ3v) is 13.7. The standard InChI is InChI=1S/C60H36BNO2/c1-2-16-37(17-3-1)40-31-32-49(42-19-5-4-18-41(40)42)59-47-24-8-6-22-45(47)58(46-23-7-9-25-48(46)59)38-34-56-60-57(35-38)64-55-36-39(30-33-51(55)61(60)50-26-12-15-29-54(50)63-56)62-52-27-13-10-20-43(52)44-21-11-14-28-53(44)62/h1-36H. The number of para-hydroxylation sites is 3. The Morgan fingerprint density at radius 3 is 1.45 bits per heavy atom. The first-order valence-electron chi connectivity index (χ1n) is 22.0. The fraction of sp³-hybridized carbons (Fsp3) is 0. The fourth-order valence-corrected chi connectivity index (χ4v) is 11.0. The molecule has 0 radical (unpaired) electrons. The molecule has 0 atom stereocenters. The quantitative estimate of drug-likeness (QED) is 0.131. The van der Waals surface area contributed by atoms with Crippen molar-refractivity contribution < 1.29 is 9.47 Å². The van der Waals surface area contributed by atoms with Gasteiger partial charge in [0.05, 0.1) is 11.0 Å². The summed E-state index contributed by atoms with van der Waals surface area (Å²) < 4.78 is 16.5. The van der Waals surface area contributed by atoms with Crippen molar-refractivity contribution in [2.45, 2.75) is 0 Å². The van der Waals surface area contributed by atoms with Crippen LogP contribution in [-0.2, 0) is 0 Å². The maximum Gasteiger partial charge on any atom is 0.260 e. The van der Waals surface area contributed by atoms with Gasteiger partial charge in [-0.2, -0.15) is 0 Å². The number of rotatable bonds is 4. The Bertz CT molecular complexity index is 3810. The van der Waals surface area contributed by atoms with E-state index in [4.69, 9.17) is 9.47 Å². The lowest BCUT2D eigenvalue weighted by Crippen LogP contribution is -2.57. The molecular formula is C60H36BNO2. The van der Waals surface area contributed by atoms with Gasteiger partial charge in [-0.1, -0.05) is 176 Å². The Kier molecular flexibility index (Phi) is 7.49. The summed E-state index contributed by atoms with van der Waals surface area (Å²) in [5.74, 6) is 3.37. The second-order valence-corrected chi connectivity index (χ2v) is 17.1. The lowest BCUT2D eigenvalue weighted by Gasteiger charge is -2.33. The molecule has 0 bridgehead atoms. The zero-order valence-corrected chi connectivity index (χ0v) is 34.6. The first-order chi connectivity index (χ1) is 31.8. The first-order valence-corrected chi connectivity index (χ1v) is 22.0. The van der Waals surface area contributed by atoms with Gasteiger partial charge in [0.15, 0.2) is 0 Å². The summed E-state index contributed by atoms with van der Waals surface area (Å²) in [5.41, 5.74) is 13.9. The van der Waals surface area contributed by atoms with Crippen LogP contribution in [-0.4, -0.2) is 11.3 Å². The highest BCUT2D eigenvalue weighted by Crippen LogP contribution is 2.48. The molecule has 4 heteroatoms. The molecule has 3 nitrogen and oxygen atoms in total. The first kappa shape index (κ1) is 35.3. The van der Waals surface area contributed by atoms with Crippen molar-refractivity contribution >= 4 is 77.2 Å². The molecule has 1 aromatic heterocycles. The molecule has 14 rings (SSSR count). The van der Waals surface area contributed by atoms with Gasteiger partial charge in [0.25, 0.3) is 6.71 Å². The maximum atomic E-state index is 7.18. The monoisotopic (exact) mass is 813 g/mol. The zero-order chi connectivity index (χ0) is 41.9. The normalized spacial score (nSPS) is 12.6. The van der Waals surface area contributed by atoms with E-state index in [1.54, 1.807) is 0 Å². The minimum absolute atomic E-state index is 0.0528. The lowest BCUT2D eigenvalue weighted by atomic mass is 9.35. The van der Waals surface area contributed by atoms with Gasteiger partial charge in [-0.25, -0.2) is 0 Å². The summed E-state index contributed by atoms with van der Waals surface area (Å²) in [5, 5.41) is 9.70. The van der Waals surface area contributed by atoms with Crippen LogP contribution in [0.2, 0.25) is 0 Å². The van der Waals surface area contributed by atoms with Crippen molar-refractivity contribution in [2.75, 3.05) is 0 Å². The molecule has 0 unspecified atom stereocenters. The van der Waals surface area contributed by atoms with Gasteiger partial charge in [0, 0.05) is 28.0 Å². The SMILES string of the molecule is c1ccc(-c2ccc(-c3c4ccccc4c(-c4cc5c6c(c4)Oc4cc(-n7c8ccccc8c8ccccc87)ccc4B6c4ccccc4O5)c4ccccc34)c3ccccc23)cc1. The van der Waals surface area contributed by atoms with Gasteiger partial charge in [0.2, 0.25) is 0 Å². The Balaban J connectivity index is 0.992. The number of hydrogen-bond donors (Lipinski definition) is 0. The van der Waals surface area contributed by atoms with Gasteiger partial charge >= 0.3 is 0 Å². The van der Waals surface area contributed by atoms with E-state index in [1.807, 2.05) is 0 Å². The Morgan fingerprint density at radius 1 is 0.312 bits per heavy atom. The Labute approximate surface area is 370 Å². The predicted octanol–water partition coefficient (Wildman–Crippen LogP) is 14.0. The van der Waals surface area contributed by atoms with E-state index < -0.39 is 0 Å². The van der Waals surface area contributed by atoms with E-state index in [2.05, 4.69) is 223 Å². The van der Waals surface area contributed by atoms with Gasteiger partial charge in [-0.05, 0) is 113 Å². The Hall–Kier alpha value is -8.34. The number of nitrogens with zero attached hydrogens (tertiary/aromatic N) is 1. The van der Waals surface area contributed by atoms with E-state index in [9.17, 15) is 0 Å². The number of hydrogen-bond acceptors (Lipinski definition) is 2. The highest BCUT2D eigenvalue weighted by molar-refractivity contribution is 6.98. The summed E-state index contributed by atoms with van der Waals surface area (Å²) >= 11 is 0. The molecule has 0 saturated heterocycles. The molecule has 11 aromatic carbocycles. The smallest absolute Gasteiger partial charge is 0.260 e. The summed E-state index contributed by atoms with van der Waals surface area (Å²) in [6.07, 6.45) is 0. The third kappa shape index (κ3) is 5.05. The van der Waals surface area contributed by atoms with E-state index in [0.717, 1.165) is 56.2 Å². The van der Waals surface area contributed by atoms with Crippen LogP contribution in [0.5, 0.6) is 23.0 Å². The van der Waals surface area contributed by atoms with E-state index in [-0.39, 0.29) is 6.71 Å². The molecule has 296 valence electrons. The predicted molar refractivity (Wildman–Crippen MR) is 267 cm³/mol. The lowest BCUT2D eigenvalue weighted by molar-refractivity contribution is 0.465. The van der Waals surface area contributed by atoms with Crippen LogP contribution >= 0.6 is 0 Å². The molecule has 2 aliphatic heterocycles. The topological polar surface area (TPSA) is 23.4 Å². The molecule has 3 heterocycles. The molecule has 0 aliphatic carbocycles. The molecule has 12 aromatic rings. The van der Waals surface area contributed by atoms with Crippen LogP contribution < -0.4 is 25.9 Å². The number of fused-ring (bicyclic) bond motifs is 10. The number of ether oxygens (including phenoxy) is 2. The molecule has 0 spiro atoms. The van der Waals surface area contributed by atoms with Crippen molar-refractivity contribution in [2.24, 2.45) is 0 Å². The van der Waals surface area contributed by atoms with Gasteiger partial charge in [0.1, 0.15) is 23.0 Å². The minimum Gasteiger partial charge on any atom is -0.458 e. The highest BCUT2D eigenvalue weighted by Gasteiger charge is 2.41. The number of aromatic nitrogens is 1. The average molecular weight is 814 g/mol. The summed E-state index contributed by atoms with van der Waals surface area (Å²) in [7, 11) is 0. The van der Waals surface area contributed by atoms with Crippen LogP contribution in [0.25, 0.3) is 93.2 Å². The third-order valence-electron chi connectivity index (χ3n) is 13.7. The summed E-state index contributed by atoms with van der Waals surface area (Å²) in [6.45, 7) is -0.0528. The summed E-state index contributed by atoms with van der Waals surface area (Å²) in [4.78, 5) is 0. The van der Waals surface area contributed by atoms with Crippen LogP contribution in [0.1, 0.15) is 0 Å². The van der Waals surface area contributed by atoms with Crippen LogP contribution in [0.4, 0.5) is 0 Å². The molecular weight excluding hydrogens is 777 g/mol. The van der Waals surface area contributed by atoms with Crippen molar-refractivity contribution in [3.8, 4) is 62.1 Å². The molecule has 0 saturated carbocycles. The maximum absolute atomic E-state index is 7.18. The fourth-order valence-electron chi connectivity index (χ4n) is 11.0. The van der Waals surface area contributed by atoms with E-state index in [0.29, 0.717) is 0 Å². The van der Waals surface area contributed by atoms with Gasteiger partial charge < -0.3 is 14.0 Å². The number of benzene rings is 11. The van der Waals surface area contributed by atoms with Crippen molar-refractivity contribution in [1.82, 2.24) is 4.57 Å². The second kappa shape index (κ2) is 13.6. The average Bonchev–Trinajstić information content (AvgIpc) is 3.69. The van der Waals surface area contributed by atoms with Crippen LogP contribution in [0.3, 0.4) is 0 Å². The molecule has 0 N–H and O–H groups in total. The zero-order valence-electron chi connectivity index (χ0n) is 34.6. The molecule has 64 heavy (non-hydrogen) atoms. The van der Waals surface area contributed by atoms with Gasteiger partial charge in [-0.15, -0.1) is 0 Å². The second-order valence-electron chi connectivity index (χ2n) is 17.1. The Morgan fingerprint density at radius 2 is 0.797 bits per heavy atom. The van der Waals surface area contributed by atoms with Crippen LogP contribution in [0.15, 0.2) is 218 Å². The van der Waals surface area contributed by atoms with Crippen LogP contribution in [0, 0.1) is 0 Å². The molecule has 0 amide bonds. The van der Waals surface area contributed by atoms with Crippen molar-refractivity contribution in [3.63, 3.8) is 0 Å². The van der Waals surface area contributed by atoms with Gasteiger partial charge in [-0.3, -0.25) is 0 Å². The van der Waals surface area contributed by atoms with Crippen molar-refractivity contribution in [1.29, 1.82) is 0 Å². The van der Waals surface area contributed by atoms with E-state index in [1.165, 1.54) is 76.4 Å². The van der Waals surface area contributed by atoms with Crippen molar-refractivity contribution in [3.05, 3.63) is 218 Å².